The van der Waals surface area contributed by atoms with Crippen LogP contribution < -0.4 is 0 Å². The SMILES string of the molecule is CCOP(=O)(O)OC[C@H](O)COC. The van der Waals surface area contributed by atoms with Crippen LogP contribution in [0.1, 0.15) is 6.92 Å². The molecule has 1 unspecified atom stereocenters. The van der Waals surface area contributed by atoms with Gasteiger partial charge in [0.05, 0.1) is 19.8 Å². The fourth-order valence-corrected chi connectivity index (χ4v) is 1.38. The molecule has 0 aromatic carbocycles. The molecule has 0 aliphatic rings. The minimum Gasteiger partial charge on any atom is -0.388 e. The smallest absolute Gasteiger partial charge is 0.388 e. The first kappa shape index (κ1) is 13.0. The van der Waals surface area contributed by atoms with E-state index in [1.165, 1.54) is 7.11 Å². The molecular weight excluding hydrogens is 199 g/mol. The van der Waals surface area contributed by atoms with Gasteiger partial charge in [-0.15, -0.1) is 0 Å². The molecule has 0 aromatic heterocycles. The molecule has 0 aliphatic carbocycles. The van der Waals surface area contributed by atoms with Gasteiger partial charge >= 0.3 is 7.82 Å². The van der Waals surface area contributed by atoms with E-state index in [4.69, 9.17) is 10.00 Å². The van der Waals surface area contributed by atoms with Gasteiger partial charge in [-0.05, 0) is 6.92 Å². The molecule has 6 nitrogen and oxygen atoms in total. The Hall–Kier alpha value is 0.0300. The molecule has 0 rings (SSSR count). The minimum atomic E-state index is -3.99. The van der Waals surface area contributed by atoms with Crippen molar-refractivity contribution in [3.05, 3.63) is 0 Å². The summed E-state index contributed by atoms with van der Waals surface area (Å²) in [4.78, 5) is 8.89. The Morgan fingerprint density at radius 2 is 2.00 bits per heavy atom. The van der Waals surface area contributed by atoms with E-state index in [9.17, 15) is 4.57 Å². The molecule has 0 spiro atoms. The summed E-state index contributed by atoms with van der Waals surface area (Å²) in [5, 5.41) is 9.04. The molecule has 7 heteroatoms. The normalized spacial score (nSPS) is 18.2. The zero-order valence-corrected chi connectivity index (χ0v) is 8.57. The highest BCUT2D eigenvalue weighted by Crippen LogP contribution is 2.42. The van der Waals surface area contributed by atoms with Crippen molar-refractivity contribution >= 4 is 7.82 Å². The molecule has 2 atom stereocenters. The second-order valence-corrected chi connectivity index (χ2v) is 3.74. The van der Waals surface area contributed by atoms with E-state index < -0.39 is 13.9 Å². The van der Waals surface area contributed by atoms with E-state index >= 15 is 0 Å². The average Bonchev–Trinajstić information content (AvgIpc) is 2.02. The van der Waals surface area contributed by atoms with Gasteiger partial charge in [-0.3, -0.25) is 9.05 Å². The van der Waals surface area contributed by atoms with Gasteiger partial charge in [0.25, 0.3) is 0 Å². The molecule has 0 heterocycles. The summed E-state index contributed by atoms with van der Waals surface area (Å²) in [5.74, 6) is 0. The van der Waals surface area contributed by atoms with Crippen LogP contribution in [0, 0.1) is 0 Å². The van der Waals surface area contributed by atoms with Crippen molar-refractivity contribution in [3.8, 4) is 0 Å². The van der Waals surface area contributed by atoms with Crippen LogP contribution in [0.15, 0.2) is 0 Å². The third-order valence-electron chi connectivity index (χ3n) is 1.08. The lowest BCUT2D eigenvalue weighted by Crippen LogP contribution is -2.20. The molecule has 0 saturated heterocycles. The predicted molar refractivity (Wildman–Crippen MR) is 45.3 cm³/mol. The molecule has 0 aromatic rings. The Morgan fingerprint density at radius 3 is 2.46 bits per heavy atom. The first-order chi connectivity index (χ1) is 6.02. The molecule has 0 fully saturated rings. The van der Waals surface area contributed by atoms with Gasteiger partial charge in [0.15, 0.2) is 0 Å². The third kappa shape index (κ3) is 7.13. The van der Waals surface area contributed by atoms with Gasteiger partial charge < -0.3 is 14.7 Å². The molecule has 80 valence electrons. The number of aliphatic hydroxyl groups is 1. The number of phosphoric acid groups is 1. The van der Waals surface area contributed by atoms with E-state index in [1.807, 2.05) is 0 Å². The summed E-state index contributed by atoms with van der Waals surface area (Å²) in [6, 6.07) is 0. The second kappa shape index (κ2) is 6.48. The van der Waals surface area contributed by atoms with Crippen LogP contribution in [0.25, 0.3) is 0 Å². The number of hydrogen-bond acceptors (Lipinski definition) is 5. The molecular formula is C6H15O6P. The number of aliphatic hydroxyl groups excluding tert-OH is 1. The van der Waals surface area contributed by atoms with Crippen molar-refractivity contribution in [3.63, 3.8) is 0 Å². The highest BCUT2D eigenvalue weighted by atomic mass is 31.2. The molecule has 0 amide bonds. The van der Waals surface area contributed by atoms with Gasteiger partial charge in [-0.2, -0.15) is 0 Å². The Bertz CT molecular complexity index is 173. The second-order valence-electron chi connectivity index (χ2n) is 2.29. The van der Waals surface area contributed by atoms with Crippen LogP contribution in [0.2, 0.25) is 0 Å². The lowest BCUT2D eigenvalue weighted by molar-refractivity contribution is 0.0204. The monoisotopic (exact) mass is 214 g/mol. The van der Waals surface area contributed by atoms with Crippen molar-refractivity contribution in [2.75, 3.05) is 26.9 Å². The van der Waals surface area contributed by atoms with E-state index in [0.717, 1.165) is 0 Å². The van der Waals surface area contributed by atoms with Gasteiger partial charge in [0, 0.05) is 7.11 Å². The van der Waals surface area contributed by atoms with Gasteiger partial charge in [0.2, 0.25) is 0 Å². The van der Waals surface area contributed by atoms with Crippen molar-refractivity contribution in [1.29, 1.82) is 0 Å². The van der Waals surface area contributed by atoms with Gasteiger partial charge in [0.1, 0.15) is 6.10 Å². The summed E-state index contributed by atoms with van der Waals surface area (Å²) in [6.45, 7) is 1.40. The van der Waals surface area contributed by atoms with E-state index in [0.29, 0.717) is 0 Å². The van der Waals surface area contributed by atoms with E-state index in [2.05, 4.69) is 13.8 Å². The molecule has 2 N–H and O–H groups in total. The maximum absolute atomic E-state index is 10.9. The van der Waals surface area contributed by atoms with Crippen LogP contribution >= 0.6 is 7.82 Å². The maximum Gasteiger partial charge on any atom is 0.472 e. The summed E-state index contributed by atoms with van der Waals surface area (Å²) in [5.41, 5.74) is 0. The Labute approximate surface area is 77.0 Å². The van der Waals surface area contributed by atoms with Crippen LogP contribution in [0.5, 0.6) is 0 Å². The first-order valence-corrected chi connectivity index (χ1v) is 5.30. The minimum absolute atomic E-state index is 0.0477. The summed E-state index contributed by atoms with van der Waals surface area (Å²) in [7, 11) is -2.58. The van der Waals surface area contributed by atoms with Crippen LogP contribution in [0.3, 0.4) is 0 Å². The maximum atomic E-state index is 10.9. The van der Waals surface area contributed by atoms with Crippen LogP contribution in [0.4, 0.5) is 0 Å². The zero-order valence-electron chi connectivity index (χ0n) is 7.67. The summed E-state index contributed by atoms with van der Waals surface area (Å²) >= 11 is 0. The third-order valence-corrected chi connectivity index (χ3v) is 2.14. The Kier molecular flexibility index (Phi) is 6.49. The number of hydrogen-bond donors (Lipinski definition) is 2. The van der Waals surface area contributed by atoms with E-state index in [1.54, 1.807) is 6.92 Å². The van der Waals surface area contributed by atoms with Crippen molar-refractivity contribution < 1.29 is 28.3 Å². The highest BCUT2D eigenvalue weighted by molar-refractivity contribution is 7.47. The lowest BCUT2D eigenvalue weighted by atomic mass is 10.4. The van der Waals surface area contributed by atoms with Gasteiger partial charge in [-0.25, -0.2) is 4.57 Å². The molecule has 13 heavy (non-hydrogen) atoms. The lowest BCUT2D eigenvalue weighted by Gasteiger charge is -2.13. The largest absolute Gasteiger partial charge is 0.472 e. The molecule has 0 saturated carbocycles. The summed E-state index contributed by atoms with van der Waals surface area (Å²) in [6.07, 6.45) is -0.925. The molecule has 0 bridgehead atoms. The van der Waals surface area contributed by atoms with Crippen LogP contribution in [-0.2, 0) is 18.3 Å². The topological polar surface area (TPSA) is 85.2 Å². The fourth-order valence-electron chi connectivity index (χ4n) is 0.621. The van der Waals surface area contributed by atoms with Crippen molar-refractivity contribution in [2.45, 2.75) is 13.0 Å². The number of methoxy groups -OCH3 is 1. The average molecular weight is 214 g/mol. The summed E-state index contributed by atoms with van der Waals surface area (Å²) < 4.78 is 24.3. The van der Waals surface area contributed by atoms with E-state index in [-0.39, 0.29) is 19.8 Å². The van der Waals surface area contributed by atoms with Crippen molar-refractivity contribution in [2.24, 2.45) is 0 Å². The first-order valence-electron chi connectivity index (χ1n) is 3.80. The fraction of sp³-hybridized carbons (Fsp3) is 1.00. The van der Waals surface area contributed by atoms with Crippen LogP contribution in [-0.4, -0.2) is 43.0 Å². The highest BCUT2D eigenvalue weighted by Gasteiger charge is 2.21. The standard InChI is InChI=1S/C6H15O6P/c1-3-11-13(8,9)12-5-6(7)4-10-2/h6-7H,3-5H2,1-2H3,(H,8,9)/t6-/m1/s1. The Balaban J connectivity index is 3.67. The zero-order chi connectivity index (χ0) is 10.3. The quantitative estimate of drug-likeness (QED) is 0.586. The predicted octanol–water partition coefficient (Wildman–Crippen LogP) is 0.147. The number of rotatable bonds is 7. The molecule has 0 radical (unpaired) electrons. The Morgan fingerprint density at radius 1 is 1.38 bits per heavy atom. The number of phosphoric ester groups is 1. The number of ether oxygens (including phenoxy) is 1. The molecule has 0 aliphatic heterocycles. The van der Waals surface area contributed by atoms with Crippen molar-refractivity contribution in [1.82, 2.24) is 0 Å². The van der Waals surface area contributed by atoms with Gasteiger partial charge in [-0.1, -0.05) is 0 Å².